The van der Waals surface area contributed by atoms with Gasteiger partial charge in [0, 0.05) is 15.0 Å². The number of nitrogens with one attached hydrogen (secondary N) is 1. The minimum atomic E-state index is 0.620. The molecule has 0 radical (unpaired) electrons. The Balaban J connectivity index is 2.15. The first-order valence-corrected chi connectivity index (χ1v) is 6.63. The van der Waals surface area contributed by atoms with Crippen molar-refractivity contribution in [2.45, 2.75) is 6.54 Å². The van der Waals surface area contributed by atoms with Crippen LogP contribution in [0.15, 0.2) is 34.1 Å². The molecule has 17 heavy (non-hydrogen) atoms. The highest BCUT2D eigenvalue weighted by Gasteiger charge is 2.04. The lowest BCUT2D eigenvalue weighted by Crippen LogP contribution is -2.01. The maximum atomic E-state index is 9.02. The number of benzene rings is 1. The molecule has 0 amide bonds. The summed E-state index contributed by atoms with van der Waals surface area (Å²) in [5.41, 5.74) is 8.03. The Labute approximate surface area is 112 Å². The normalized spacial score (nSPS) is 9.88. The summed E-state index contributed by atoms with van der Waals surface area (Å²) in [5, 5.41) is 14.2. The molecule has 86 valence electrons. The molecular weight excluding hydrogens is 298 g/mol. The highest BCUT2D eigenvalue weighted by atomic mass is 79.9. The van der Waals surface area contributed by atoms with E-state index in [9.17, 15) is 0 Å². The van der Waals surface area contributed by atoms with E-state index in [0.29, 0.717) is 12.1 Å². The molecule has 0 fully saturated rings. The summed E-state index contributed by atoms with van der Waals surface area (Å²) in [4.78, 5) is 1.08. The molecule has 0 aliphatic heterocycles. The van der Waals surface area contributed by atoms with Crippen LogP contribution in [0.25, 0.3) is 0 Å². The SMILES string of the molecule is N#Cc1cc(Br)ccc1NCc1sccc1N. The molecule has 0 saturated carbocycles. The van der Waals surface area contributed by atoms with Crippen LogP contribution < -0.4 is 11.1 Å². The topological polar surface area (TPSA) is 61.8 Å². The molecule has 0 bridgehead atoms. The van der Waals surface area contributed by atoms with Gasteiger partial charge in [-0.15, -0.1) is 11.3 Å². The zero-order valence-electron chi connectivity index (χ0n) is 8.90. The fourth-order valence-electron chi connectivity index (χ4n) is 1.43. The van der Waals surface area contributed by atoms with E-state index in [1.165, 1.54) is 0 Å². The van der Waals surface area contributed by atoms with Gasteiger partial charge in [0.05, 0.1) is 17.8 Å². The predicted molar refractivity (Wildman–Crippen MR) is 74.9 cm³/mol. The minimum absolute atomic E-state index is 0.620. The Morgan fingerprint density at radius 1 is 1.41 bits per heavy atom. The molecule has 3 nitrogen and oxygen atoms in total. The number of rotatable bonds is 3. The van der Waals surface area contributed by atoms with Gasteiger partial charge in [-0.2, -0.15) is 5.26 Å². The molecule has 0 aliphatic rings. The summed E-state index contributed by atoms with van der Waals surface area (Å²) < 4.78 is 0.898. The molecule has 0 spiro atoms. The van der Waals surface area contributed by atoms with Crippen molar-refractivity contribution < 1.29 is 0 Å². The third-order valence-corrected chi connectivity index (χ3v) is 3.75. The van der Waals surface area contributed by atoms with Crippen molar-refractivity contribution in [1.82, 2.24) is 0 Å². The maximum Gasteiger partial charge on any atom is 0.101 e. The van der Waals surface area contributed by atoms with Crippen molar-refractivity contribution in [2.75, 3.05) is 11.1 Å². The largest absolute Gasteiger partial charge is 0.398 e. The molecule has 1 aromatic heterocycles. The van der Waals surface area contributed by atoms with Crippen molar-refractivity contribution >= 4 is 38.6 Å². The van der Waals surface area contributed by atoms with E-state index < -0.39 is 0 Å². The van der Waals surface area contributed by atoms with Crippen molar-refractivity contribution in [2.24, 2.45) is 0 Å². The summed E-state index contributed by atoms with van der Waals surface area (Å²) in [6, 6.07) is 9.62. The van der Waals surface area contributed by atoms with Gasteiger partial charge in [-0.05, 0) is 29.6 Å². The van der Waals surface area contributed by atoms with Gasteiger partial charge in [0.2, 0.25) is 0 Å². The van der Waals surface area contributed by atoms with Crippen LogP contribution in [-0.2, 0) is 6.54 Å². The summed E-state index contributed by atoms with van der Waals surface area (Å²) in [7, 11) is 0. The van der Waals surface area contributed by atoms with E-state index in [1.807, 2.05) is 23.6 Å². The molecule has 2 aromatic rings. The lowest BCUT2D eigenvalue weighted by Gasteiger charge is -2.07. The maximum absolute atomic E-state index is 9.02. The standard InChI is InChI=1S/C12H10BrN3S/c13-9-1-2-11(8(5-9)6-14)16-7-12-10(15)3-4-17-12/h1-5,16H,7,15H2. The Hall–Kier alpha value is -1.51. The predicted octanol–water partition coefficient (Wildman–Crippen LogP) is 3.58. The summed E-state index contributed by atoms with van der Waals surface area (Å²) in [6.45, 7) is 0.639. The van der Waals surface area contributed by atoms with Gasteiger partial charge in [-0.25, -0.2) is 0 Å². The molecule has 3 N–H and O–H groups in total. The van der Waals surface area contributed by atoms with Gasteiger partial charge >= 0.3 is 0 Å². The minimum Gasteiger partial charge on any atom is -0.398 e. The first kappa shape index (κ1) is 12.0. The zero-order valence-corrected chi connectivity index (χ0v) is 11.3. The van der Waals surface area contributed by atoms with Crippen molar-refractivity contribution in [3.63, 3.8) is 0 Å². The fourth-order valence-corrected chi connectivity index (χ4v) is 2.53. The van der Waals surface area contributed by atoms with Crippen molar-refractivity contribution in [3.05, 3.63) is 44.6 Å². The highest BCUT2D eigenvalue weighted by molar-refractivity contribution is 9.10. The molecule has 2 rings (SSSR count). The fraction of sp³-hybridized carbons (Fsp3) is 0.0833. The summed E-state index contributed by atoms with van der Waals surface area (Å²) in [6.07, 6.45) is 0. The molecule has 1 aromatic carbocycles. The third-order valence-electron chi connectivity index (χ3n) is 2.32. The van der Waals surface area contributed by atoms with E-state index in [0.717, 1.165) is 20.7 Å². The Kier molecular flexibility index (Phi) is 3.67. The molecule has 1 heterocycles. The molecule has 0 unspecified atom stereocenters. The average molecular weight is 308 g/mol. The van der Waals surface area contributed by atoms with Crippen LogP contribution in [-0.4, -0.2) is 0 Å². The van der Waals surface area contributed by atoms with Crippen molar-refractivity contribution in [1.29, 1.82) is 5.26 Å². The van der Waals surface area contributed by atoms with Crippen molar-refractivity contribution in [3.8, 4) is 6.07 Å². The van der Waals surface area contributed by atoms with Crippen LogP contribution >= 0.6 is 27.3 Å². The van der Waals surface area contributed by atoms with E-state index in [1.54, 1.807) is 17.4 Å². The third kappa shape index (κ3) is 2.78. The van der Waals surface area contributed by atoms with Gasteiger partial charge in [0.1, 0.15) is 6.07 Å². The Morgan fingerprint density at radius 2 is 2.24 bits per heavy atom. The number of nitrogens with zero attached hydrogens (tertiary/aromatic N) is 1. The van der Waals surface area contributed by atoms with Gasteiger partial charge in [-0.3, -0.25) is 0 Å². The van der Waals surface area contributed by atoms with E-state index in [2.05, 4.69) is 27.3 Å². The van der Waals surface area contributed by atoms with Crippen LogP contribution in [0.3, 0.4) is 0 Å². The number of thiophene rings is 1. The van der Waals surface area contributed by atoms with Crippen LogP contribution in [0.4, 0.5) is 11.4 Å². The quantitative estimate of drug-likeness (QED) is 0.911. The van der Waals surface area contributed by atoms with Crippen LogP contribution in [0.1, 0.15) is 10.4 Å². The second-order valence-corrected chi connectivity index (χ2v) is 5.37. The smallest absolute Gasteiger partial charge is 0.101 e. The number of nitrogen functional groups attached to an aromatic ring is 1. The first-order valence-electron chi connectivity index (χ1n) is 4.96. The number of nitriles is 1. The van der Waals surface area contributed by atoms with Gasteiger partial charge in [0.25, 0.3) is 0 Å². The first-order chi connectivity index (χ1) is 8.20. The van der Waals surface area contributed by atoms with Crippen LogP contribution in [0.2, 0.25) is 0 Å². The van der Waals surface area contributed by atoms with Crippen LogP contribution in [0, 0.1) is 11.3 Å². The second-order valence-electron chi connectivity index (χ2n) is 3.45. The number of hydrogen-bond donors (Lipinski definition) is 2. The average Bonchev–Trinajstić information content (AvgIpc) is 2.73. The zero-order chi connectivity index (χ0) is 12.3. The van der Waals surface area contributed by atoms with E-state index >= 15 is 0 Å². The monoisotopic (exact) mass is 307 g/mol. The van der Waals surface area contributed by atoms with Gasteiger partial charge in [-0.1, -0.05) is 15.9 Å². The Bertz CT molecular complexity index is 571. The van der Waals surface area contributed by atoms with Gasteiger partial charge < -0.3 is 11.1 Å². The Morgan fingerprint density at radius 3 is 2.88 bits per heavy atom. The number of hydrogen-bond acceptors (Lipinski definition) is 4. The van der Waals surface area contributed by atoms with E-state index in [4.69, 9.17) is 11.0 Å². The van der Waals surface area contributed by atoms with E-state index in [-0.39, 0.29) is 0 Å². The molecular formula is C12H10BrN3S. The number of nitrogens with two attached hydrogens (primary N) is 1. The molecule has 5 heteroatoms. The van der Waals surface area contributed by atoms with Crippen LogP contribution in [0.5, 0.6) is 0 Å². The molecule has 0 saturated heterocycles. The lowest BCUT2D eigenvalue weighted by molar-refractivity contribution is 1.19. The molecule has 0 atom stereocenters. The van der Waals surface area contributed by atoms with Gasteiger partial charge in [0.15, 0.2) is 0 Å². The second kappa shape index (κ2) is 5.21. The summed E-state index contributed by atoms with van der Waals surface area (Å²) >= 11 is 4.95. The number of anilines is 2. The summed E-state index contributed by atoms with van der Waals surface area (Å²) in [5.74, 6) is 0. The number of halogens is 1. The highest BCUT2D eigenvalue weighted by Crippen LogP contribution is 2.23. The lowest BCUT2D eigenvalue weighted by atomic mass is 10.2. The molecule has 0 aliphatic carbocycles.